The topological polar surface area (TPSA) is 79.4 Å². The minimum absolute atomic E-state index is 0.129. The van der Waals surface area contributed by atoms with E-state index in [1.54, 1.807) is 30.3 Å². The van der Waals surface area contributed by atoms with Crippen molar-refractivity contribution < 1.29 is 18.8 Å². The summed E-state index contributed by atoms with van der Waals surface area (Å²) in [4.78, 5) is 49.3. The number of nitrogens with zero attached hydrogens (tertiary/aromatic N) is 2. The molecule has 7 heteroatoms. The van der Waals surface area contributed by atoms with Crippen molar-refractivity contribution in [3.05, 3.63) is 131 Å². The van der Waals surface area contributed by atoms with Crippen LogP contribution in [0.1, 0.15) is 32.0 Å². The number of aromatic nitrogens is 1. The summed E-state index contributed by atoms with van der Waals surface area (Å²) in [6.07, 6.45) is 5.32. The van der Waals surface area contributed by atoms with Gasteiger partial charge in [-0.15, -0.1) is 0 Å². The first kappa shape index (κ1) is 23.2. The minimum atomic E-state index is -1.46. The molecule has 3 aliphatic rings. The van der Waals surface area contributed by atoms with Gasteiger partial charge in [0.1, 0.15) is 23.0 Å². The first-order valence-electron chi connectivity index (χ1n) is 12.7. The summed E-state index contributed by atoms with van der Waals surface area (Å²) in [6, 6.07) is 23.6. The molecule has 1 saturated heterocycles. The van der Waals surface area contributed by atoms with Crippen molar-refractivity contribution in [2.45, 2.75) is 17.5 Å². The first-order valence-corrected chi connectivity index (χ1v) is 12.7. The highest BCUT2D eigenvalue weighted by atomic mass is 19.1. The van der Waals surface area contributed by atoms with Gasteiger partial charge in [-0.05, 0) is 47.5 Å². The van der Waals surface area contributed by atoms with Gasteiger partial charge in [-0.1, -0.05) is 66.7 Å². The molecule has 4 unspecified atom stereocenters. The average Bonchev–Trinajstić information content (AvgIpc) is 3.45. The number of ketones is 2. The molecule has 4 aromatic rings. The Morgan fingerprint density at radius 2 is 1.62 bits per heavy atom. The van der Waals surface area contributed by atoms with E-state index in [-0.39, 0.29) is 17.2 Å². The number of pyridine rings is 1. The lowest BCUT2D eigenvalue weighted by Crippen LogP contribution is -2.51. The van der Waals surface area contributed by atoms with Gasteiger partial charge in [-0.3, -0.25) is 19.4 Å². The van der Waals surface area contributed by atoms with Crippen LogP contribution in [0.5, 0.6) is 0 Å². The van der Waals surface area contributed by atoms with Crippen LogP contribution in [0.25, 0.3) is 6.08 Å². The standard InChI is InChI=1S/C32H22FN3O3/c33-22-12-4-2-10-20(22)29(37)28-27(30(38)24-14-7-8-18-34-24)32(21-11-3-5-13-23(21)35-31(32)39)26-17-16-19-9-1-6-15-25(19)36(26)28/h1-18,26-28H,(H,35,39). The van der Waals surface area contributed by atoms with Crippen molar-refractivity contribution in [1.82, 2.24) is 4.98 Å². The van der Waals surface area contributed by atoms with E-state index < -0.39 is 40.8 Å². The summed E-state index contributed by atoms with van der Waals surface area (Å²) < 4.78 is 15.1. The summed E-state index contributed by atoms with van der Waals surface area (Å²) in [6.45, 7) is 0. The summed E-state index contributed by atoms with van der Waals surface area (Å²) in [5.74, 6) is -3.25. The summed E-state index contributed by atoms with van der Waals surface area (Å²) in [7, 11) is 0. The van der Waals surface area contributed by atoms with Crippen LogP contribution in [-0.4, -0.2) is 34.5 Å². The maximum Gasteiger partial charge on any atom is 0.238 e. The molecule has 7 rings (SSSR count). The van der Waals surface area contributed by atoms with Crippen molar-refractivity contribution in [3.8, 4) is 0 Å². The fourth-order valence-corrected chi connectivity index (χ4v) is 6.61. The monoisotopic (exact) mass is 515 g/mol. The van der Waals surface area contributed by atoms with Gasteiger partial charge in [-0.2, -0.15) is 0 Å². The zero-order valence-electron chi connectivity index (χ0n) is 20.6. The van der Waals surface area contributed by atoms with Crippen LogP contribution >= 0.6 is 0 Å². The molecule has 1 N–H and O–H groups in total. The van der Waals surface area contributed by atoms with Gasteiger partial charge in [0.05, 0.1) is 17.5 Å². The van der Waals surface area contributed by atoms with Crippen LogP contribution in [0.4, 0.5) is 15.8 Å². The fraction of sp³-hybridized carbons (Fsp3) is 0.125. The molecule has 1 aromatic heterocycles. The second-order valence-electron chi connectivity index (χ2n) is 9.98. The van der Waals surface area contributed by atoms with Gasteiger partial charge in [0.15, 0.2) is 11.6 Å². The molecule has 0 aliphatic carbocycles. The number of hydrogen-bond acceptors (Lipinski definition) is 5. The Bertz CT molecular complexity index is 1700. The van der Waals surface area contributed by atoms with E-state index in [2.05, 4.69) is 10.3 Å². The van der Waals surface area contributed by atoms with Crippen molar-refractivity contribution in [3.63, 3.8) is 0 Å². The number of fused-ring (bicyclic) bond motifs is 6. The van der Waals surface area contributed by atoms with E-state index in [9.17, 15) is 14.4 Å². The number of amides is 1. The fourth-order valence-electron chi connectivity index (χ4n) is 6.61. The molecule has 0 saturated carbocycles. The van der Waals surface area contributed by atoms with Crippen molar-refractivity contribution in [2.75, 3.05) is 10.2 Å². The Morgan fingerprint density at radius 1 is 0.872 bits per heavy atom. The Hall–Kier alpha value is -4.91. The quantitative estimate of drug-likeness (QED) is 0.384. The number of para-hydroxylation sites is 2. The maximum absolute atomic E-state index is 15.1. The average molecular weight is 516 g/mol. The van der Waals surface area contributed by atoms with Crippen LogP contribution < -0.4 is 10.2 Å². The van der Waals surface area contributed by atoms with E-state index in [0.29, 0.717) is 16.9 Å². The molecule has 190 valence electrons. The number of Topliss-reactive ketones (excluding diaryl/α,β-unsaturated/α-hetero) is 2. The Kier molecular flexibility index (Phi) is 5.10. The normalized spacial score (nSPS) is 24.2. The second kappa shape index (κ2) is 8.56. The van der Waals surface area contributed by atoms with E-state index in [1.807, 2.05) is 59.5 Å². The Morgan fingerprint density at radius 3 is 2.44 bits per heavy atom. The third-order valence-corrected chi connectivity index (χ3v) is 8.15. The van der Waals surface area contributed by atoms with Gasteiger partial charge in [0.2, 0.25) is 5.91 Å². The number of carbonyl (C=O) groups is 3. The molecule has 6 nitrogen and oxygen atoms in total. The molecule has 0 bridgehead atoms. The Labute approximate surface area is 223 Å². The summed E-state index contributed by atoms with van der Waals surface area (Å²) in [5.41, 5.74) is 1.32. The molecule has 4 atom stereocenters. The van der Waals surface area contributed by atoms with E-state index in [1.165, 1.54) is 24.4 Å². The first-order chi connectivity index (χ1) is 19.0. The zero-order chi connectivity index (χ0) is 26.7. The van der Waals surface area contributed by atoms with E-state index >= 15 is 4.39 Å². The van der Waals surface area contributed by atoms with Crippen LogP contribution in [0.15, 0.2) is 103 Å². The number of benzene rings is 3. The van der Waals surface area contributed by atoms with Gasteiger partial charge in [-0.25, -0.2) is 4.39 Å². The molecule has 3 aliphatic heterocycles. The molecule has 39 heavy (non-hydrogen) atoms. The number of nitrogens with one attached hydrogen (secondary N) is 1. The lowest BCUT2D eigenvalue weighted by molar-refractivity contribution is -0.121. The highest BCUT2D eigenvalue weighted by Crippen LogP contribution is 2.58. The largest absolute Gasteiger partial charge is 0.352 e. The number of anilines is 2. The van der Waals surface area contributed by atoms with Gasteiger partial charge in [0.25, 0.3) is 0 Å². The second-order valence-corrected chi connectivity index (χ2v) is 9.98. The summed E-state index contributed by atoms with van der Waals surface area (Å²) in [5, 5.41) is 2.98. The minimum Gasteiger partial charge on any atom is -0.352 e. The molecular formula is C32H22FN3O3. The van der Waals surface area contributed by atoms with Crippen molar-refractivity contribution in [1.29, 1.82) is 0 Å². The summed E-state index contributed by atoms with van der Waals surface area (Å²) >= 11 is 0. The molecule has 1 spiro atoms. The number of hydrogen-bond donors (Lipinski definition) is 1. The van der Waals surface area contributed by atoms with Crippen LogP contribution in [-0.2, 0) is 10.2 Å². The lowest BCUT2D eigenvalue weighted by atomic mass is 9.64. The molecule has 4 heterocycles. The number of carbonyl (C=O) groups excluding carboxylic acids is 3. The predicted molar refractivity (Wildman–Crippen MR) is 145 cm³/mol. The van der Waals surface area contributed by atoms with Crippen LogP contribution in [0.3, 0.4) is 0 Å². The SMILES string of the molecule is O=C(c1ccccc1F)C1C(C(=O)c2ccccn2)C2(C(=O)Nc3ccccc32)C2C=Cc3ccccc3N12. The molecule has 3 aromatic carbocycles. The molecular weight excluding hydrogens is 493 g/mol. The number of halogens is 1. The van der Waals surface area contributed by atoms with E-state index in [0.717, 1.165) is 5.56 Å². The van der Waals surface area contributed by atoms with E-state index in [4.69, 9.17) is 0 Å². The van der Waals surface area contributed by atoms with Crippen LogP contribution in [0, 0.1) is 11.7 Å². The zero-order valence-corrected chi connectivity index (χ0v) is 20.6. The highest BCUT2D eigenvalue weighted by Gasteiger charge is 2.70. The number of rotatable bonds is 4. The Balaban J connectivity index is 1.55. The highest BCUT2D eigenvalue weighted by molar-refractivity contribution is 6.18. The third kappa shape index (κ3) is 3.13. The van der Waals surface area contributed by atoms with Gasteiger partial charge < -0.3 is 10.2 Å². The van der Waals surface area contributed by atoms with Crippen LogP contribution in [0.2, 0.25) is 0 Å². The molecule has 1 fully saturated rings. The van der Waals surface area contributed by atoms with Crippen molar-refractivity contribution in [2.24, 2.45) is 5.92 Å². The lowest BCUT2D eigenvalue weighted by Gasteiger charge is -2.37. The third-order valence-electron chi connectivity index (χ3n) is 8.15. The van der Waals surface area contributed by atoms with Gasteiger partial charge >= 0.3 is 0 Å². The van der Waals surface area contributed by atoms with Gasteiger partial charge in [0, 0.05) is 17.6 Å². The van der Waals surface area contributed by atoms with Crippen molar-refractivity contribution >= 4 is 34.9 Å². The molecule has 0 radical (unpaired) electrons. The maximum atomic E-state index is 15.1. The predicted octanol–water partition coefficient (Wildman–Crippen LogP) is 5.08. The smallest absolute Gasteiger partial charge is 0.238 e. The molecule has 1 amide bonds.